The normalized spacial score (nSPS) is 12.5. The van der Waals surface area contributed by atoms with Crippen LogP contribution in [0, 0.1) is 13.8 Å². The van der Waals surface area contributed by atoms with Crippen molar-refractivity contribution in [3.63, 3.8) is 0 Å². The van der Waals surface area contributed by atoms with Gasteiger partial charge in [0, 0.05) is 0 Å². The summed E-state index contributed by atoms with van der Waals surface area (Å²) in [5.74, 6) is 0.850. The monoisotopic (exact) mass is 248 g/mol. The molecule has 0 saturated carbocycles. The molecular formula is C14H16O2S. The van der Waals surface area contributed by atoms with Gasteiger partial charge >= 0.3 is 0 Å². The van der Waals surface area contributed by atoms with Gasteiger partial charge in [-0.25, -0.2) is 0 Å². The number of rotatable bonds is 3. The minimum Gasteiger partial charge on any atom is -0.496 e. The largest absolute Gasteiger partial charge is 0.496 e. The van der Waals surface area contributed by atoms with E-state index in [0.29, 0.717) is 0 Å². The second-order valence-electron chi connectivity index (χ2n) is 4.14. The molecular weight excluding hydrogens is 232 g/mol. The quantitative estimate of drug-likeness (QED) is 0.901. The van der Waals surface area contributed by atoms with E-state index in [1.807, 2.05) is 37.4 Å². The molecule has 1 unspecified atom stereocenters. The molecule has 0 saturated heterocycles. The molecule has 0 amide bonds. The van der Waals surface area contributed by atoms with E-state index in [1.54, 1.807) is 18.4 Å². The van der Waals surface area contributed by atoms with E-state index in [0.717, 1.165) is 28.0 Å². The predicted molar refractivity (Wildman–Crippen MR) is 70.8 cm³/mol. The molecule has 1 aromatic carbocycles. The average Bonchev–Trinajstić information content (AvgIpc) is 2.74. The average molecular weight is 248 g/mol. The van der Waals surface area contributed by atoms with E-state index in [2.05, 4.69) is 5.38 Å². The van der Waals surface area contributed by atoms with Crippen LogP contribution >= 0.6 is 11.3 Å². The van der Waals surface area contributed by atoms with Crippen LogP contribution in [0.25, 0.3) is 0 Å². The summed E-state index contributed by atoms with van der Waals surface area (Å²) in [5, 5.41) is 14.4. The van der Waals surface area contributed by atoms with Gasteiger partial charge in [0.15, 0.2) is 0 Å². The summed E-state index contributed by atoms with van der Waals surface area (Å²) < 4.78 is 5.21. The molecule has 1 heterocycles. The van der Waals surface area contributed by atoms with Gasteiger partial charge < -0.3 is 9.84 Å². The number of benzene rings is 1. The highest BCUT2D eigenvalue weighted by atomic mass is 32.1. The number of aliphatic hydroxyl groups is 1. The van der Waals surface area contributed by atoms with E-state index < -0.39 is 6.10 Å². The Labute approximate surface area is 105 Å². The Morgan fingerprint density at radius 3 is 2.47 bits per heavy atom. The van der Waals surface area contributed by atoms with Crippen molar-refractivity contribution in [2.45, 2.75) is 20.0 Å². The van der Waals surface area contributed by atoms with Gasteiger partial charge in [0.2, 0.25) is 0 Å². The summed E-state index contributed by atoms with van der Waals surface area (Å²) in [5.41, 5.74) is 4.07. The number of hydrogen-bond donors (Lipinski definition) is 1. The van der Waals surface area contributed by atoms with Gasteiger partial charge in [-0.1, -0.05) is 6.07 Å². The lowest BCUT2D eigenvalue weighted by atomic mass is 9.99. The topological polar surface area (TPSA) is 29.5 Å². The predicted octanol–water partition coefficient (Wildman–Crippen LogP) is 3.46. The lowest BCUT2D eigenvalue weighted by Gasteiger charge is -2.13. The lowest BCUT2D eigenvalue weighted by molar-refractivity contribution is 0.220. The van der Waals surface area contributed by atoms with Crippen molar-refractivity contribution >= 4 is 11.3 Å². The van der Waals surface area contributed by atoms with Gasteiger partial charge in [-0.3, -0.25) is 0 Å². The van der Waals surface area contributed by atoms with Crippen LogP contribution in [-0.4, -0.2) is 12.2 Å². The second-order valence-corrected chi connectivity index (χ2v) is 4.89. The summed E-state index contributed by atoms with van der Waals surface area (Å²) >= 11 is 1.62. The molecule has 1 aromatic heterocycles. The Hall–Kier alpha value is -1.32. The molecule has 2 aromatic rings. The summed E-state index contributed by atoms with van der Waals surface area (Å²) in [6, 6.07) is 5.78. The van der Waals surface area contributed by atoms with E-state index in [1.165, 1.54) is 0 Å². The molecule has 0 bridgehead atoms. The van der Waals surface area contributed by atoms with Gasteiger partial charge in [0.1, 0.15) is 11.9 Å². The summed E-state index contributed by atoms with van der Waals surface area (Å²) in [6.45, 7) is 4.00. The Bertz CT molecular complexity index is 517. The maximum absolute atomic E-state index is 10.3. The molecule has 3 heteroatoms. The van der Waals surface area contributed by atoms with Crippen LogP contribution in [0.15, 0.2) is 29.0 Å². The SMILES string of the molecule is COc1ccc(C(O)c2cscc2C)cc1C. The van der Waals surface area contributed by atoms with Crippen molar-refractivity contribution in [1.82, 2.24) is 0 Å². The van der Waals surface area contributed by atoms with Crippen molar-refractivity contribution in [3.8, 4) is 5.75 Å². The molecule has 17 heavy (non-hydrogen) atoms. The fourth-order valence-electron chi connectivity index (χ4n) is 1.90. The lowest BCUT2D eigenvalue weighted by Crippen LogP contribution is -2.00. The summed E-state index contributed by atoms with van der Waals surface area (Å²) in [6.07, 6.45) is -0.550. The summed E-state index contributed by atoms with van der Waals surface area (Å²) in [7, 11) is 1.65. The van der Waals surface area contributed by atoms with Crippen LogP contribution in [0.1, 0.15) is 28.4 Å². The molecule has 0 spiro atoms. The molecule has 1 atom stereocenters. The van der Waals surface area contributed by atoms with Crippen molar-refractivity contribution in [2.24, 2.45) is 0 Å². The van der Waals surface area contributed by atoms with Gasteiger partial charge in [0.25, 0.3) is 0 Å². The van der Waals surface area contributed by atoms with E-state index >= 15 is 0 Å². The fraction of sp³-hybridized carbons (Fsp3) is 0.286. The number of methoxy groups -OCH3 is 1. The third-order valence-corrected chi connectivity index (χ3v) is 3.80. The molecule has 90 valence electrons. The van der Waals surface area contributed by atoms with E-state index in [4.69, 9.17) is 4.74 Å². The van der Waals surface area contributed by atoms with Gasteiger partial charge in [-0.05, 0) is 59.0 Å². The Morgan fingerprint density at radius 2 is 1.94 bits per heavy atom. The zero-order valence-electron chi connectivity index (χ0n) is 10.2. The number of aryl methyl sites for hydroxylation is 2. The van der Waals surface area contributed by atoms with Crippen molar-refractivity contribution in [3.05, 3.63) is 51.2 Å². The van der Waals surface area contributed by atoms with Crippen LogP contribution < -0.4 is 4.74 Å². The standard InChI is InChI=1S/C14H16O2S/c1-9-6-11(4-5-13(9)16-3)14(15)12-8-17-7-10(12)2/h4-8,14-15H,1-3H3. The molecule has 0 fully saturated rings. The smallest absolute Gasteiger partial charge is 0.121 e. The highest BCUT2D eigenvalue weighted by Gasteiger charge is 2.14. The molecule has 0 aliphatic heterocycles. The van der Waals surface area contributed by atoms with E-state index in [9.17, 15) is 5.11 Å². The van der Waals surface area contributed by atoms with Gasteiger partial charge in [-0.15, -0.1) is 0 Å². The van der Waals surface area contributed by atoms with Crippen molar-refractivity contribution in [1.29, 1.82) is 0 Å². The zero-order valence-corrected chi connectivity index (χ0v) is 11.0. The molecule has 2 rings (SSSR count). The molecule has 0 aliphatic rings. The Morgan fingerprint density at radius 1 is 1.18 bits per heavy atom. The minimum atomic E-state index is -0.550. The van der Waals surface area contributed by atoms with Gasteiger partial charge in [-0.2, -0.15) is 11.3 Å². The highest BCUT2D eigenvalue weighted by molar-refractivity contribution is 7.08. The molecule has 2 nitrogen and oxygen atoms in total. The second kappa shape index (κ2) is 4.90. The van der Waals surface area contributed by atoms with Gasteiger partial charge in [0.05, 0.1) is 7.11 Å². The highest BCUT2D eigenvalue weighted by Crippen LogP contribution is 2.30. The first-order valence-electron chi connectivity index (χ1n) is 5.48. The fourth-order valence-corrected chi connectivity index (χ4v) is 2.77. The van der Waals surface area contributed by atoms with E-state index in [-0.39, 0.29) is 0 Å². The first-order valence-corrected chi connectivity index (χ1v) is 6.43. The number of aliphatic hydroxyl groups excluding tert-OH is 1. The number of hydrogen-bond acceptors (Lipinski definition) is 3. The van der Waals surface area contributed by atoms with Crippen LogP contribution in [-0.2, 0) is 0 Å². The van der Waals surface area contributed by atoms with Crippen molar-refractivity contribution in [2.75, 3.05) is 7.11 Å². The third kappa shape index (κ3) is 2.35. The molecule has 0 aliphatic carbocycles. The first kappa shape index (κ1) is 12.1. The van der Waals surface area contributed by atoms with Crippen LogP contribution in [0.3, 0.4) is 0 Å². The molecule has 0 radical (unpaired) electrons. The van der Waals surface area contributed by atoms with Crippen LogP contribution in [0.5, 0.6) is 5.75 Å². The van der Waals surface area contributed by atoms with Crippen LogP contribution in [0.2, 0.25) is 0 Å². The zero-order chi connectivity index (χ0) is 12.4. The first-order chi connectivity index (χ1) is 8.13. The maximum atomic E-state index is 10.3. The minimum absolute atomic E-state index is 0.550. The number of ether oxygens (including phenoxy) is 1. The van der Waals surface area contributed by atoms with Crippen molar-refractivity contribution < 1.29 is 9.84 Å². The Kier molecular flexibility index (Phi) is 3.50. The third-order valence-electron chi connectivity index (χ3n) is 2.92. The van der Waals surface area contributed by atoms with Crippen LogP contribution in [0.4, 0.5) is 0 Å². The molecule has 1 N–H and O–H groups in total. The Balaban J connectivity index is 2.35. The maximum Gasteiger partial charge on any atom is 0.121 e. The summed E-state index contributed by atoms with van der Waals surface area (Å²) in [4.78, 5) is 0. The number of thiophene rings is 1.